The quantitative estimate of drug-likeness (QED) is 0.857. The average molecular weight is 332 g/mol. The summed E-state index contributed by atoms with van der Waals surface area (Å²) in [5, 5.41) is 2.80. The second kappa shape index (κ2) is 6.91. The summed E-state index contributed by atoms with van der Waals surface area (Å²) in [5.74, 6) is 0.556. The van der Waals surface area contributed by atoms with E-state index in [4.69, 9.17) is 4.74 Å². The van der Waals surface area contributed by atoms with Crippen LogP contribution in [0.1, 0.15) is 5.56 Å². The molecule has 1 amide bonds. The first kappa shape index (κ1) is 14.3. The van der Waals surface area contributed by atoms with Gasteiger partial charge in [-0.1, -0.05) is 30.3 Å². The van der Waals surface area contributed by atoms with Crippen molar-refractivity contribution in [2.24, 2.45) is 0 Å². The lowest BCUT2D eigenvalue weighted by atomic mass is 10.2. The van der Waals surface area contributed by atoms with Crippen molar-refractivity contribution in [3.8, 4) is 5.75 Å². The summed E-state index contributed by atoms with van der Waals surface area (Å²) in [5.41, 5.74) is 1.68. The minimum absolute atomic E-state index is 0.195. The summed E-state index contributed by atoms with van der Waals surface area (Å²) in [4.78, 5) is 12.0. The van der Waals surface area contributed by atoms with Crippen LogP contribution in [-0.2, 0) is 4.79 Å². The van der Waals surface area contributed by atoms with E-state index in [0.29, 0.717) is 10.2 Å². The van der Waals surface area contributed by atoms with Crippen molar-refractivity contribution in [2.45, 2.75) is 0 Å². The van der Waals surface area contributed by atoms with Gasteiger partial charge in [-0.25, -0.2) is 0 Å². The van der Waals surface area contributed by atoms with Crippen molar-refractivity contribution >= 4 is 33.6 Å². The predicted octanol–water partition coefficient (Wildman–Crippen LogP) is 4.07. The number of halogens is 1. The highest BCUT2D eigenvalue weighted by Crippen LogP contribution is 2.18. The Bertz CT molecular complexity index is 606. The molecule has 0 aliphatic heterocycles. The first-order valence-corrected chi connectivity index (χ1v) is 6.86. The van der Waals surface area contributed by atoms with Gasteiger partial charge in [0.15, 0.2) is 0 Å². The van der Waals surface area contributed by atoms with Gasteiger partial charge in [-0.15, -0.1) is 0 Å². The average Bonchev–Trinajstić information content (AvgIpc) is 2.49. The van der Waals surface area contributed by atoms with Gasteiger partial charge in [-0.2, -0.15) is 0 Å². The van der Waals surface area contributed by atoms with Gasteiger partial charge in [0.2, 0.25) is 0 Å². The minimum atomic E-state index is -0.195. The Hall–Kier alpha value is -2.07. The third-order valence-corrected chi connectivity index (χ3v) is 3.25. The summed E-state index contributed by atoms with van der Waals surface area (Å²) in [6.45, 7) is 0. The molecule has 102 valence electrons. The molecule has 0 heterocycles. The number of nitrogens with one attached hydrogen (secondary N) is 1. The minimum Gasteiger partial charge on any atom is -0.497 e. The number of carbonyl (C=O) groups excluding carboxylic acids is 1. The van der Waals surface area contributed by atoms with Crippen molar-refractivity contribution in [3.05, 3.63) is 64.6 Å². The molecule has 0 fully saturated rings. The monoisotopic (exact) mass is 331 g/mol. The Morgan fingerprint density at radius 3 is 2.35 bits per heavy atom. The summed E-state index contributed by atoms with van der Waals surface area (Å²) < 4.78 is 5.54. The first-order valence-electron chi connectivity index (χ1n) is 6.06. The molecule has 0 saturated heterocycles. The van der Waals surface area contributed by atoms with Gasteiger partial charge in [-0.05, 0) is 51.8 Å². The highest BCUT2D eigenvalue weighted by molar-refractivity contribution is 9.12. The summed E-state index contributed by atoms with van der Waals surface area (Å²) in [6.07, 6.45) is 1.78. The van der Waals surface area contributed by atoms with E-state index < -0.39 is 0 Å². The number of anilines is 1. The fourth-order valence-electron chi connectivity index (χ4n) is 1.63. The molecule has 2 rings (SSSR count). The molecule has 0 spiro atoms. The third kappa shape index (κ3) is 3.96. The predicted molar refractivity (Wildman–Crippen MR) is 85.0 cm³/mol. The Labute approximate surface area is 126 Å². The molecule has 0 aromatic heterocycles. The lowest BCUT2D eigenvalue weighted by Gasteiger charge is -2.05. The molecule has 2 aromatic carbocycles. The lowest BCUT2D eigenvalue weighted by Crippen LogP contribution is -2.10. The van der Waals surface area contributed by atoms with Gasteiger partial charge in [0.1, 0.15) is 5.75 Å². The summed E-state index contributed by atoms with van der Waals surface area (Å²) in [6, 6.07) is 16.8. The van der Waals surface area contributed by atoms with Crippen LogP contribution in [0.15, 0.2) is 59.1 Å². The molecule has 0 aliphatic rings. The molecule has 20 heavy (non-hydrogen) atoms. The third-order valence-electron chi connectivity index (χ3n) is 2.66. The fourth-order valence-corrected chi connectivity index (χ4v) is 1.99. The molecule has 0 unspecified atom stereocenters. The van der Waals surface area contributed by atoms with Gasteiger partial charge in [0.05, 0.1) is 11.6 Å². The number of rotatable bonds is 4. The van der Waals surface area contributed by atoms with E-state index in [1.54, 1.807) is 37.5 Å². The molecule has 3 nitrogen and oxygen atoms in total. The summed E-state index contributed by atoms with van der Waals surface area (Å²) >= 11 is 3.29. The number of benzene rings is 2. The number of hydrogen-bond donors (Lipinski definition) is 1. The molecule has 2 aromatic rings. The van der Waals surface area contributed by atoms with Gasteiger partial charge >= 0.3 is 0 Å². The molecule has 0 radical (unpaired) electrons. The van der Waals surface area contributed by atoms with Crippen LogP contribution in [-0.4, -0.2) is 13.0 Å². The van der Waals surface area contributed by atoms with Crippen molar-refractivity contribution in [2.75, 3.05) is 12.4 Å². The number of amides is 1. The maximum atomic E-state index is 12.0. The van der Waals surface area contributed by atoms with E-state index in [-0.39, 0.29) is 5.91 Å². The number of methoxy groups -OCH3 is 1. The summed E-state index contributed by atoms with van der Waals surface area (Å²) in [7, 11) is 1.60. The van der Waals surface area contributed by atoms with Crippen LogP contribution >= 0.6 is 15.9 Å². The van der Waals surface area contributed by atoms with Gasteiger partial charge in [-0.3, -0.25) is 4.79 Å². The first-order chi connectivity index (χ1) is 9.69. The van der Waals surface area contributed by atoms with Crippen LogP contribution in [0.5, 0.6) is 5.75 Å². The Morgan fingerprint density at radius 2 is 1.75 bits per heavy atom. The van der Waals surface area contributed by atoms with Crippen molar-refractivity contribution in [3.63, 3.8) is 0 Å². The molecule has 0 aliphatic carbocycles. The zero-order chi connectivity index (χ0) is 14.4. The highest BCUT2D eigenvalue weighted by atomic mass is 79.9. The number of ether oxygens (including phenoxy) is 1. The molecular weight excluding hydrogens is 318 g/mol. The standard InChI is InChI=1S/C16H14BrNO2/c1-20-14-9-7-13(8-10-14)18-16(19)15(17)11-12-5-3-2-4-6-12/h2-11H,1H3,(H,18,19)/b15-11-. The molecular formula is C16H14BrNO2. The van der Waals surface area contributed by atoms with E-state index in [0.717, 1.165) is 11.3 Å². The Morgan fingerprint density at radius 1 is 1.10 bits per heavy atom. The van der Waals surface area contributed by atoms with Crippen LogP contribution in [0.25, 0.3) is 6.08 Å². The second-order valence-corrected chi connectivity index (χ2v) is 4.94. The molecule has 0 saturated carbocycles. The maximum absolute atomic E-state index is 12.0. The maximum Gasteiger partial charge on any atom is 0.262 e. The van der Waals surface area contributed by atoms with Crippen LogP contribution in [0.2, 0.25) is 0 Å². The highest BCUT2D eigenvalue weighted by Gasteiger charge is 2.06. The van der Waals surface area contributed by atoms with E-state index >= 15 is 0 Å². The zero-order valence-corrected chi connectivity index (χ0v) is 12.6. The van der Waals surface area contributed by atoms with Crippen LogP contribution < -0.4 is 10.1 Å². The van der Waals surface area contributed by atoms with E-state index in [2.05, 4.69) is 21.2 Å². The van der Waals surface area contributed by atoms with Crippen LogP contribution in [0, 0.1) is 0 Å². The van der Waals surface area contributed by atoms with Crippen LogP contribution in [0.3, 0.4) is 0 Å². The lowest BCUT2D eigenvalue weighted by molar-refractivity contribution is -0.112. The van der Waals surface area contributed by atoms with E-state index in [1.165, 1.54) is 0 Å². The van der Waals surface area contributed by atoms with Crippen LogP contribution in [0.4, 0.5) is 5.69 Å². The Balaban J connectivity index is 2.05. The van der Waals surface area contributed by atoms with Gasteiger partial charge in [0, 0.05) is 5.69 Å². The molecule has 0 atom stereocenters. The number of hydrogen-bond acceptors (Lipinski definition) is 2. The second-order valence-electron chi connectivity index (χ2n) is 4.09. The van der Waals surface area contributed by atoms with E-state index in [9.17, 15) is 4.79 Å². The fraction of sp³-hybridized carbons (Fsp3) is 0.0625. The molecule has 4 heteroatoms. The van der Waals surface area contributed by atoms with Gasteiger partial charge < -0.3 is 10.1 Å². The van der Waals surface area contributed by atoms with Crippen molar-refractivity contribution < 1.29 is 9.53 Å². The Kier molecular flexibility index (Phi) is 4.96. The zero-order valence-electron chi connectivity index (χ0n) is 11.0. The van der Waals surface area contributed by atoms with Gasteiger partial charge in [0.25, 0.3) is 5.91 Å². The largest absolute Gasteiger partial charge is 0.497 e. The SMILES string of the molecule is COc1ccc(NC(=O)/C(Br)=C/c2ccccc2)cc1. The smallest absolute Gasteiger partial charge is 0.262 e. The topological polar surface area (TPSA) is 38.3 Å². The number of carbonyl (C=O) groups is 1. The normalized spacial score (nSPS) is 11.0. The van der Waals surface area contributed by atoms with Crippen molar-refractivity contribution in [1.29, 1.82) is 0 Å². The molecule has 1 N–H and O–H groups in total. The van der Waals surface area contributed by atoms with Crippen molar-refractivity contribution in [1.82, 2.24) is 0 Å². The molecule has 0 bridgehead atoms. The van der Waals surface area contributed by atoms with E-state index in [1.807, 2.05) is 30.3 Å².